The van der Waals surface area contributed by atoms with Crippen LogP contribution in [0, 0.1) is 0 Å². The standard InChI is InChI=1S/C9H12N4/c10-13-12-9-8-4-2-1-3-7(8)5-6-11-9/h5-6H,1-4H2,(H2,10,11,12). The van der Waals surface area contributed by atoms with Crippen LogP contribution in [0.5, 0.6) is 0 Å². The van der Waals surface area contributed by atoms with Crippen molar-refractivity contribution in [3.05, 3.63) is 23.4 Å². The Bertz CT molecular complexity index is 332. The summed E-state index contributed by atoms with van der Waals surface area (Å²) in [6.45, 7) is 0. The van der Waals surface area contributed by atoms with Crippen molar-refractivity contribution in [2.45, 2.75) is 25.7 Å². The Balaban J connectivity index is 2.45. The van der Waals surface area contributed by atoms with Gasteiger partial charge in [0.25, 0.3) is 0 Å². The predicted octanol–water partition coefficient (Wildman–Crippen LogP) is 1.92. The number of hydrogen-bond acceptors (Lipinski definition) is 3. The minimum Gasteiger partial charge on any atom is -0.305 e. The van der Waals surface area contributed by atoms with Gasteiger partial charge in [-0.1, -0.05) is 5.22 Å². The molecule has 4 nitrogen and oxygen atoms in total. The van der Waals surface area contributed by atoms with Gasteiger partial charge in [0.05, 0.1) is 0 Å². The van der Waals surface area contributed by atoms with E-state index in [1.807, 2.05) is 0 Å². The highest BCUT2D eigenvalue weighted by Gasteiger charge is 2.13. The van der Waals surface area contributed by atoms with Crippen LogP contribution >= 0.6 is 0 Å². The smallest absolute Gasteiger partial charge is 0.179 e. The number of hydrogen-bond donors (Lipinski definition) is 1. The SMILES string of the molecule is NN=Nc1nccc2c1CCCC2. The average Bonchev–Trinajstić information content (AvgIpc) is 2.19. The molecule has 1 aliphatic carbocycles. The molecule has 4 heteroatoms. The zero-order valence-electron chi connectivity index (χ0n) is 7.40. The average molecular weight is 176 g/mol. The van der Waals surface area contributed by atoms with Gasteiger partial charge in [0.15, 0.2) is 5.82 Å². The highest BCUT2D eigenvalue weighted by atomic mass is 15.3. The van der Waals surface area contributed by atoms with Crippen LogP contribution in [-0.2, 0) is 12.8 Å². The van der Waals surface area contributed by atoms with Crippen molar-refractivity contribution in [2.24, 2.45) is 16.2 Å². The zero-order chi connectivity index (χ0) is 9.10. The summed E-state index contributed by atoms with van der Waals surface area (Å²) in [5.41, 5.74) is 2.58. The number of nitrogens with zero attached hydrogens (tertiary/aromatic N) is 3. The van der Waals surface area contributed by atoms with E-state index in [0.29, 0.717) is 5.82 Å². The largest absolute Gasteiger partial charge is 0.305 e. The molecule has 0 spiro atoms. The fraction of sp³-hybridized carbons (Fsp3) is 0.444. The number of aryl methyl sites for hydroxylation is 1. The Morgan fingerprint density at radius 2 is 2.15 bits per heavy atom. The molecule has 0 unspecified atom stereocenters. The molecule has 0 fully saturated rings. The summed E-state index contributed by atoms with van der Waals surface area (Å²) in [5, 5.41) is 7.09. The summed E-state index contributed by atoms with van der Waals surface area (Å²) < 4.78 is 0. The van der Waals surface area contributed by atoms with Crippen molar-refractivity contribution >= 4 is 5.82 Å². The summed E-state index contributed by atoms with van der Waals surface area (Å²) in [6, 6.07) is 2.06. The molecule has 1 aromatic heterocycles. The number of fused-ring (bicyclic) bond motifs is 1. The first kappa shape index (κ1) is 8.16. The van der Waals surface area contributed by atoms with E-state index >= 15 is 0 Å². The van der Waals surface area contributed by atoms with Gasteiger partial charge in [-0.2, -0.15) is 0 Å². The molecule has 68 valence electrons. The van der Waals surface area contributed by atoms with Gasteiger partial charge in [-0.25, -0.2) is 4.98 Å². The first-order valence-corrected chi connectivity index (χ1v) is 4.49. The van der Waals surface area contributed by atoms with E-state index in [2.05, 4.69) is 21.4 Å². The van der Waals surface area contributed by atoms with E-state index in [1.54, 1.807) is 6.20 Å². The molecule has 0 atom stereocenters. The summed E-state index contributed by atoms with van der Waals surface area (Å²) >= 11 is 0. The van der Waals surface area contributed by atoms with Crippen LogP contribution in [0.25, 0.3) is 0 Å². The second-order valence-corrected chi connectivity index (χ2v) is 3.19. The molecule has 2 N–H and O–H groups in total. The molecule has 13 heavy (non-hydrogen) atoms. The lowest BCUT2D eigenvalue weighted by atomic mass is 9.93. The van der Waals surface area contributed by atoms with E-state index in [1.165, 1.54) is 24.0 Å². The first-order chi connectivity index (χ1) is 6.42. The molecule has 0 aliphatic heterocycles. The normalized spacial score (nSPS) is 16.0. The molecule has 2 rings (SSSR count). The topological polar surface area (TPSA) is 63.6 Å². The Kier molecular flexibility index (Phi) is 2.21. The Labute approximate surface area is 76.9 Å². The maximum atomic E-state index is 5.01. The summed E-state index contributed by atoms with van der Waals surface area (Å²) in [4.78, 5) is 4.14. The fourth-order valence-electron chi connectivity index (χ4n) is 1.78. The number of nitrogens with two attached hydrogens (primary N) is 1. The molecule has 0 saturated carbocycles. The Hall–Kier alpha value is -1.45. The van der Waals surface area contributed by atoms with Gasteiger partial charge >= 0.3 is 0 Å². The maximum Gasteiger partial charge on any atom is 0.179 e. The highest BCUT2D eigenvalue weighted by Crippen LogP contribution is 2.27. The third-order valence-electron chi connectivity index (χ3n) is 2.41. The third kappa shape index (κ3) is 1.52. The van der Waals surface area contributed by atoms with Crippen molar-refractivity contribution in [1.29, 1.82) is 0 Å². The molecule has 0 radical (unpaired) electrons. The van der Waals surface area contributed by atoms with Crippen LogP contribution in [0.1, 0.15) is 24.0 Å². The Morgan fingerprint density at radius 1 is 1.31 bits per heavy atom. The Morgan fingerprint density at radius 3 is 3.00 bits per heavy atom. The lowest BCUT2D eigenvalue weighted by molar-refractivity contribution is 0.681. The van der Waals surface area contributed by atoms with Crippen molar-refractivity contribution in [1.82, 2.24) is 4.98 Å². The van der Waals surface area contributed by atoms with Crippen molar-refractivity contribution < 1.29 is 0 Å². The summed E-state index contributed by atoms with van der Waals surface area (Å²) in [5.74, 6) is 5.71. The molecule has 1 aliphatic rings. The molecule has 0 bridgehead atoms. The monoisotopic (exact) mass is 176 g/mol. The van der Waals surface area contributed by atoms with Gasteiger partial charge in [-0.15, -0.1) is 5.11 Å². The number of pyridine rings is 1. The molecular formula is C9H12N4. The molecule has 0 amide bonds. The van der Waals surface area contributed by atoms with Gasteiger partial charge in [0.1, 0.15) is 0 Å². The predicted molar refractivity (Wildman–Crippen MR) is 49.6 cm³/mol. The van der Waals surface area contributed by atoms with Gasteiger partial charge in [-0.3, -0.25) is 0 Å². The highest BCUT2D eigenvalue weighted by molar-refractivity contribution is 5.44. The van der Waals surface area contributed by atoms with E-state index in [9.17, 15) is 0 Å². The fourth-order valence-corrected chi connectivity index (χ4v) is 1.78. The number of aromatic nitrogens is 1. The van der Waals surface area contributed by atoms with Gasteiger partial charge in [0, 0.05) is 11.8 Å². The van der Waals surface area contributed by atoms with E-state index in [0.717, 1.165) is 12.8 Å². The van der Waals surface area contributed by atoms with Crippen LogP contribution in [0.15, 0.2) is 22.6 Å². The van der Waals surface area contributed by atoms with Crippen molar-refractivity contribution in [3.8, 4) is 0 Å². The lowest BCUT2D eigenvalue weighted by Crippen LogP contribution is -2.03. The van der Waals surface area contributed by atoms with Crippen LogP contribution in [0.2, 0.25) is 0 Å². The van der Waals surface area contributed by atoms with E-state index in [-0.39, 0.29) is 0 Å². The van der Waals surface area contributed by atoms with Crippen molar-refractivity contribution in [2.75, 3.05) is 0 Å². The molecule has 0 aromatic carbocycles. The summed E-state index contributed by atoms with van der Waals surface area (Å²) in [6.07, 6.45) is 6.43. The minimum absolute atomic E-state index is 0.694. The number of rotatable bonds is 1. The minimum atomic E-state index is 0.694. The second kappa shape index (κ2) is 3.51. The van der Waals surface area contributed by atoms with Gasteiger partial charge in [-0.05, 0) is 37.3 Å². The third-order valence-corrected chi connectivity index (χ3v) is 2.41. The maximum absolute atomic E-state index is 5.01. The first-order valence-electron chi connectivity index (χ1n) is 4.49. The van der Waals surface area contributed by atoms with E-state index < -0.39 is 0 Å². The quantitative estimate of drug-likeness (QED) is 0.403. The lowest BCUT2D eigenvalue weighted by Gasteiger charge is -2.15. The second-order valence-electron chi connectivity index (χ2n) is 3.19. The van der Waals surface area contributed by atoms with Crippen molar-refractivity contribution in [3.63, 3.8) is 0 Å². The van der Waals surface area contributed by atoms with Crippen LogP contribution < -0.4 is 5.84 Å². The molecule has 1 heterocycles. The molecule has 0 saturated heterocycles. The molecule has 1 aromatic rings. The zero-order valence-corrected chi connectivity index (χ0v) is 7.40. The van der Waals surface area contributed by atoms with Crippen LogP contribution in [0.4, 0.5) is 5.82 Å². The van der Waals surface area contributed by atoms with Gasteiger partial charge in [0.2, 0.25) is 0 Å². The molecular weight excluding hydrogens is 164 g/mol. The van der Waals surface area contributed by atoms with Crippen LogP contribution in [-0.4, -0.2) is 4.98 Å². The summed E-state index contributed by atoms with van der Waals surface area (Å²) in [7, 11) is 0. The van der Waals surface area contributed by atoms with Gasteiger partial charge < -0.3 is 5.84 Å². The van der Waals surface area contributed by atoms with E-state index in [4.69, 9.17) is 5.84 Å². The van der Waals surface area contributed by atoms with Crippen LogP contribution in [0.3, 0.4) is 0 Å².